The standard InChI is InChI=1S/C22H26N2O3S/c1-23-21(25)20-12-17(14-28-20)15-5-6-19-16(11-15)13-26-22(27-19)7-9-24(10-8-22)18-3-2-4-18/h5-6,11-12,14,18H,2-4,7-10,13H2,1H3,(H,23,25). The highest BCUT2D eigenvalue weighted by atomic mass is 32.1. The fourth-order valence-electron chi connectivity index (χ4n) is 4.37. The highest BCUT2D eigenvalue weighted by Gasteiger charge is 2.42. The fourth-order valence-corrected chi connectivity index (χ4v) is 5.23. The molecule has 28 heavy (non-hydrogen) atoms. The molecule has 1 spiro atoms. The number of thiophene rings is 1. The van der Waals surface area contributed by atoms with Gasteiger partial charge in [-0.1, -0.05) is 12.5 Å². The van der Waals surface area contributed by atoms with Crippen LogP contribution in [-0.4, -0.2) is 42.8 Å². The van der Waals surface area contributed by atoms with Gasteiger partial charge in [0.1, 0.15) is 5.75 Å². The van der Waals surface area contributed by atoms with E-state index in [1.54, 1.807) is 7.05 Å². The number of fused-ring (bicyclic) bond motifs is 1. The summed E-state index contributed by atoms with van der Waals surface area (Å²) < 4.78 is 12.6. The molecule has 5 rings (SSSR count). The molecule has 1 saturated heterocycles. The van der Waals surface area contributed by atoms with E-state index in [4.69, 9.17) is 9.47 Å². The number of piperidine rings is 1. The number of rotatable bonds is 3. The average Bonchev–Trinajstić information content (AvgIpc) is 3.18. The SMILES string of the molecule is CNC(=O)c1cc(-c2ccc3c(c2)COC2(CCN(C4CCC4)CC2)O3)cs1. The van der Waals surface area contributed by atoms with Gasteiger partial charge in [0, 0.05) is 44.6 Å². The first-order valence-corrected chi connectivity index (χ1v) is 11.0. The first-order chi connectivity index (χ1) is 13.7. The number of ether oxygens (including phenoxy) is 2. The third-order valence-electron chi connectivity index (χ3n) is 6.38. The Morgan fingerprint density at radius 2 is 2.04 bits per heavy atom. The van der Waals surface area contributed by atoms with Crippen LogP contribution >= 0.6 is 11.3 Å². The molecule has 5 nitrogen and oxygen atoms in total. The minimum atomic E-state index is -0.455. The van der Waals surface area contributed by atoms with Crippen molar-refractivity contribution in [1.29, 1.82) is 0 Å². The van der Waals surface area contributed by atoms with Gasteiger partial charge in [-0.3, -0.25) is 9.69 Å². The number of nitrogens with zero attached hydrogens (tertiary/aromatic N) is 1. The van der Waals surface area contributed by atoms with Crippen molar-refractivity contribution < 1.29 is 14.3 Å². The van der Waals surface area contributed by atoms with Crippen LogP contribution in [0.2, 0.25) is 0 Å². The number of amides is 1. The molecule has 0 bridgehead atoms. The lowest BCUT2D eigenvalue weighted by Crippen LogP contribution is -2.54. The summed E-state index contributed by atoms with van der Waals surface area (Å²) in [6, 6.07) is 9.00. The highest BCUT2D eigenvalue weighted by Crippen LogP contribution is 2.40. The summed E-state index contributed by atoms with van der Waals surface area (Å²) in [5, 5.41) is 4.70. The molecule has 1 aromatic heterocycles. The zero-order chi connectivity index (χ0) is 19.1. The van der Waals surface area contributed by atoms with Crippen LogP contribution in [0.5, 0.6) is 5.75 Å². The number of hydrogen-bond donors (Lipinski definition) is 1. The van der Waals surface area contributed by atoms with Gasteiger partial charge in [0.15, 0.2) is 0 Å². The number of nitrogens with one attached hydrogen (secondary N) is 1. The summed E-state index contributed by atoms with van der Waals surface area (Å²) in [7, 11) is 1.65. The van der Waals surface area contributed by atoms with Crippen LogP contribution in [0, 0.1) is 0 Å². The number of carbonyl (C=O) groups is 1. The molecule has 1 saturated carbocycles. The molecule has 0 atom stereocenters. The Bertz CT molecular complexity index is 882. The molecule has 1 aliphatic carbocycles. The summed E-state index contributed by atoms with van der Waals surface area (Å²) >= 11 is 1.46. The Morgan fingerprint density at radius 3 is 2.75 bits per heavy atom. The summed E-state index contributed by atoms with van der Waals surface area (Å²) in [6.45, 7) is 2.71. The van der Waals surface area contributed by atoms with Crippen LogP contribution in [0.3, 0.4) is 0 Å². The second-order valence-corrected chi connectivity index (χ2v) is 8.93. The molecule has 3 heterocycles. The van der Waals surface area contributed by atoms with Gasteiger partial charge in [-0.25, -0.2) is 0 Å². The van der Waals surface area contributed by atoms with Gasteiger partial charge >= 0.3 is 0 Å². The predicted molar refractivity (Wildman–Crippen MR) is 110 cm³/mol. The molecule has 1 aromatic carbocycles. The Morgan fingerprint density at radius 1 is 1.21 bits per heavy atom. The van der Waals surface area contributed by atoms with E-state index < -0.39 is 5.79 Å². The second kappa shape index (κ2) is 7.17. The molecule has 2 aliphatic heterocycles. The normalized spacial score (nSPS) is 21.6. The minimum Gasteiger partial charge on any atom is -0.462 e. The van der Waals surface area contributed by atoms with Gasteiger partial charge in [0.2, 0.25) is 5.79 Å². The van der Waals surface area contributed by atoms with Crippen molar-refractivity contribution in [3.05, 3.63) is 40.1 Å². The van der Waals surface area contributed by atoms with E-state index in [0.717, 1.165) is 59.3 Å². The minimum absolute atomic E-state index is 0.0453. The van der Waals surface area contributed by atoms with E-state index in [1.165, 1.54) is 30.6 Å². The van der Waals surface area contributed by atoms with Crippen molar-refractivity contribution in [3.63, 3.8) is 0 Å². The van der Waals surface area contributed by atoms with Gasteiger partial charge in [-0.15, -0.1) is 11.3 Å². The average molecular weight is 399 g/mol. The first-order valence-electron chi connectivity index (χ1n) is 10.2. The van der Waals surface area contributed by atoms with E-state index in [9.17, 15) is 4.79 Å². The van der Waals surface area contributed by atoms with Crippen LogP contribution in [0.15, 0.2) is 29.6 Å². The Hall–Kier alpha value is -1.89. The molecule has 0 unspecified atom stereocenters. The second-order valence-electron chi connectivity index (χ2n) is 8.02. The van der Waals surface area contributed by atoms with E-state index in [-0.39, 0.29) is 5.91 Å². The van der Waals surface area contributed by atoms with E-state index >= 15 is 0 Å². The molecular weight excluding hydrogens is 372 g/mol. The molecule has 0 radical (unpaired) electrons. The lowest BCUT2D eigenvalue weighted by atomic mass is 9.89. The maximum Gasteiger partial charge on any atom is 0.261 e. The van der Waals surface area contributed by atoms with Gasteiger partial charge in [-0.2, -0.15) is 0 Å². The molecule has 1 amide bonds. The number of hydrogen-bond acceptors (Lipinski definition) is 5. The number of benzene rings is 1. The van der Waals surface area contributed by atoms with Crippen molar-refractivity contribution in [2.45, 2.75) is 50.5 Å². The maximum absolute atomic E-state index is 11.8. The zero-order valence-electron chi connectivity index (χ0n) is 16.2. The van der Waals surface area contributed by atoms with Crippen LogP contribution in [-0.2, 0) is 11.3 Å². The summed E-state index contributed by atoms with van der Waals surface area (Å²) in [5.74, 6) is 0.439. The predicted octanol–water partition coefficient (Wildman–Crippen LogP) is 4.03. The van der Waals surface area contributed by atoms with E-state index in [2.05, 4.69) is 28.4 Å². The Labute approximate surface area is 169 Å². The van der Waals surface area contributed by atoms with Gasteiger partial charge in [0.05, 0.1) is 11.5 Å². The summed E-state index contributed by atoms with van der Waals surface area (Å²) in [5.41, 5.74) is 3.23. The topological polar surface area (TPSA) is 50.8 Å². The van der Waals surface area contributed by atoms with Crippen molar-refractivity contribution in [2.24, 2.45) is 0 Å². The molecular formula is C22H26N2O3S. The van der Waals surface area contributed by atoms with Crippen LogP contribution in [0.4, 0.5) is 0 Å². The third kappa shape index (κ3) is 3.23. The maximum atomic E-state index is 11.8. The first kappa shape index (κ1) is 18.2. The lowest BCUT2D eigenvalue weighted by molar-refractivity contribution is -0.231. The lowest BCUT2D eigenvalue weighted by Gasteiger charge is -2.47. The van der Waals surface area contributed by atoms with Gasteiger partial charge in [0.25, 0.3) is 5.91 Å². The van der Waals surface area contributed by atoms with Crippen LogP contribution < -0.4 is 10.1 Å². The summed E-state index contributed by atoms with van der Waals surface area (Å²) in [6.07, 6.45) is 5.95. The van der Waals surface area contributed by atoms with Crippen LogP contribution in [0.25, 0.3) is 11.1 Å². The molecule has 3 aliphatic rings. The number of carbonyl (C=O) groups excluding carboxylic acids is 1. The Kier molecular flexibility index (Phi) is 4.65. The fraction of sp³-hybridized carbons (Fsp3) is 0.500. The molecule has 2 aromatic rings. The highest BCUT2D eigenvalue weighted by molar-refractivity contribution is 7.12. The van der Waals surface area contributed by atoms with Crippen molar-refractivity contribution in [2.75, 3.05) is 20.1 Å². The molecule has 148 valence electrons. The monoisotopic (exact) mass is 398 g/mol. The molecule has 6 heteroatoms. The largest absolute Gasteiger partial charge is 0.462 e. The molecule has 1 N–H and O–H groups in total. The summed E-state index contributed by atoms with van der Waals surface area (Å²) in [4.78, 5) is 15.1. The van der Waals surface area contributed by atoms with Gasteiger partial charge < -0.3 is 14.8 Å². The smallest absolute Gasteiger partial charge is 0.261 e. The van der Waals surface area contributed by atoms with Crippen molar-refractivity contribution in [3.8, 4) is 16.9 Å². The van der Waals surface area contributed by atoms with Crippen molar-refractivity contribution in [1.82, 2.24) is 10.2 Å². The quantitative estimate of drug-likeness (QED) is 0.848. The van der Waals surface area contributed by atoms with Crippen LogP contribution in [0.1, 0.15) is 47.3 Å². The van der Waals surface area contributed by atoms with E-state index in [1.807, 2.05) is 11.4 Å². The zero-order valence-corrected chi connectivity index (χ0v) is 17.0. The van der Waals surface area contributed by atoms with Crippen molar-refractivity contribution >= 4 is 17.2 Å². The number of likely N-dealkylation sites (tertiary alicyclic amines) is 1. The van der Waals surface area contributed by atoms with E-state index in [0.29, 0.717) is 6.61 Å². The molecule has 2 fully saturated rings. The Balaban J connectivity index is 1.30. The van der Waals surface area contributed by atoms with Gasteiger partial charge in [-0.05, 0) is 47.5 Å². The third-order valence-corrected chi connectivity index (χ3v) is 7.31.